The molecule has 0 saturated heterocycles. The predicted octanol–water partition coefficient (Wildman–Crippen LogP) is 4.86. The first kappa shape index (κ1) is 21.7. The Balaban J connectivity index is 0.000000212. The molecule has 0 unspecified atom stereocenters. The lowest BCUT2D eigenvalue weighted by Crippen LogP contribution is -2.28. The van der Waals surface area contributed by atoms with Crippen LogP contribution < -0.4 is 5.32 Å². The summed E-state index contributed by atoms with van der Waals surface area (Å²) in [6.45, 7) is 6.96. The fourth-order valence-electron chi connectivity index (χ4n) is 3.05. The van der Waals surface area contributed by atoms with Gasteiger partial charge in [0.05, 0.1) is 21.4 Å². The van der Waals surface area contributed by atoms with Gasteiger partial charge in [-0.2, -0.15) is 5.10 Å². The average molecular weight is 429 g/mol. The minimum Gasteiger partial charge on any atom is -0.388 e. The molecule has 2 N–H and O–H groups in total. The first-order valence-electron chi connectivity index (χ1n) is 9.45. The highest BCUT2D eigenvalue weighted by molar-refractivity contribution is 7.92. The monoisotopic (exact) mass is 428 g/mol. The van der Waals surface area contributed by atoms with Crippen LogP contribution in [0.15, 0.2) is 53.7 Å². The standard InChI is InChI=1S/C15H20N2O2S.C7H5FN2/c1-10-8-13-11(12(16-5)6-7-17-13)9-14(10)20(18,19)15(2,3)4;8-6-3-1-2-5-4-9-10-7(5)6/h6-9H,1-5H3,(H,16,17);1-4H,(H,9,10). The second-order valence-corrected chi connectivity index (χ2v) is 10.6. The molecule has 2 aromatic carbocycles. The number of hydrogen-bond donors (Lipinski definition) is 2. The number of fused-ring (bicyclic) bond motifs is 2. The van der Waals surface area contributed by atoms with Gasteiger partial charge in [0.1, 0.15) is 11.3 Å². The molecule has 0 saturated carbocycles. The third kappa shape index (κ3) is 4.00. The molecule has 0 aliphatic rings. The molecule has 158 valence electrons. The molecule has 4 rings (SSSR count). The zero-order chi connectivity index (χ0) is 22.1. The number of H-pyrrole nitrogens is 1. The number of aryl methyl sites for hydroxylation is 1. The maximum atomic E-state index is 12.7. The van der Waals surface area contributed by atoms with E-state index in [1.165, 1.54) is 6.07 Å². The fraction of sp³-hybridized carbons (Fsp3) is 0.273. The van der Waals surface area contributed by atoms with Gasteiger partial charge in [-0.1, -0.05) is 12.1 Å². The topological polar surface area (TPSA) is 87.7 Å². The first-order chi connectivity index (χ1) is 14.1. The van der Waals surface area contributed by atoms with Gasteiger partial charge in [0.15, 0.2) is 9.84 Å². The van der Waals surface area contributed by atoms with Gasteiger partial charge in [-0.25, -0.2) is 12.8 Å². The predicted molar refractivity (Wildman–Crippen MR) is 119 cm³/mol. The van der Waals surface area contributed by atoms with Crippen molar-refractivity contribution in [2.75, 3.05) is 12.4 Å². The fourth-order valence-corrected chi connectivity index (χ4v) is 4.46. The van der Waals surface area contributed by atoms with Crippen LogP contribution in [-0.2, 0) is 9.84 Å². The average Bonchev–Trinajstić information content (AvgIpc) is 3.16. The number of halogens is 1. The van der Waals surface area contributed by atoms with Gasteiger partial charge < -0.3 is 5.32 Å². The van der Waals surface area contributed by atoms with E-state index in [2.05, 4.69) is 20.5 Å². The first-order valence-corrected chi connectivity index (χ1v) is 10.9. The molecule has 6 nitrogen and oxygen atoms in total. The smallest absolute Gasteiger partial charge is 0.183 e. The normalized spacial score (nSPS) is 11.9. The Kier molecular flexibility index (Phi) is 5.81. The van der Waals surface area contributed by atoms with Crippen molar-refractivity contribution < 1.29 is 12.8 Å². The van der Waals surface area contributed by atoms with E-state index in [1.807, 2.05) is 32.2 Å². The van der Waals surface area contributed by atoms with Crippen molar-refractivity contribution >= 4 is 37.3 Å². The van der Waals surface area contributed by atoms with Gasteiger partial charge in [-0.15, -0.1) is 0 Å². The van der Waals surface area contributed by atoms with E-state index < -0.39 is 14.6 Å². The largest absolute Gasteiger partial charge is 0.388 e. The van der Waals surface area contributed by atoms with Crippen LogP contribution in [0.2, 0.25) is 0 Å². The summed E-state index contributed by atoms with van der Waals surface area (Å²) >= 11 is 0. The van der Waals surface area contributed by atoms with Gasteiger partial charge in [0.2, 0.25) is 0 Å². The highest BCUT2D eigenvalue weighted by atomic mass is 32.2. The zero-order valence-corrected chi connectivity index (χ0v) is 18.4. The number of sulfone groups is 1. The molecule has 2 aromatic heterocycles. The molecule has 0 aliphatic heterocycles. The summed E-state index contributed by atoms with van der Waals surface area (Å²) in [5.74, 6) is -0.255. The molecule has 0 spiro atoms. The molecule has 0 fully saturated rings. The molecule has 0 atom stereocenters. The van der Waals surface area contributed by atoms with E-state index in [4.69, 9.17) is 0 Å². The van der Waals surface area contributed by atoms with Crippen molar-refractivity contribution in [3.63, 3.8) is 0 Å². The molecule has 2 heterocycles. The van der Waals surface area contributed by atoms with Crippen molar-refractivity contribution in [3.05, 3.63) is 60.2 Å². The van der Waals surface area contributed by atoms with Crippen LogP contribution in [0.3, 0.4) is 0 Å². The molecular weight excluding hydrogens is 403 g/mol. The van der Waals surface area contributed by atoms with E-state index in [0.717, 1.165) is 27.5 Å². The lowest BCUT2D eigenvalue weighted by molar-refractivity contribution is 0.560. The summed E-state index contributed by atoms with van der Waals surface area (Å²) in [5, 5.41) is 11.0. The summed E-state index contributed by atoms with van der Waals surface area (Å²) in [7, 11) is -1.57. The summed E-state index contributed by atoms with van der Waals surface area (Å²) in [6, 6.07) is 10.3. The molecule has 8 heteroatoms. The Morgan fingerprint density at radius 1 is 1.13 bits per heavy atom. The molecule has 0 aliphatic carbocycles. The Bertz CT molecular complexity index is 1310. The van der Waals surface area contributed by atoms with E-state index in [1.54, 1.807) is 45.3 Å². The van der Waals surface area contributed by atoms with Gasteiger partial charge >= 0.3 is 0 Å². The van der Waals surface area contributed by atoms with E-state index in [-0.39, 0.29) is 5.82 Å². The second-order valence-electron chi connectivity index (χ2n) is 7.93. The van der Waals surface area contributed by atoms with Crippen LogP contribution in [0.5, 0.6) is 0 Å². The number of benzene rings is 2. The number of aromatic nitrogens is 3. The minimum atomic E-state index is -3.38. The lowest BCUT2D eigenvalue weighted by atomic mass is 10.1. The number of nitrogens with zero attached hydrogens (tertiary/aromatic N) is 2. The van der Waals surface area contributed by atoms with Gasteiger partial charge in [0, 0.05) is 29.7 Å². The molecule has 30 heavy (non-hydrogen) atoms. The van der Waals surface area contributed by atoms with Crippen LogP contribution >= 0.6 is 0 Å². The van der Waals surface area contributed by atoms with Crippen LogP contribution in [-0.4, -0.2) is 35.4 Å². The van der Waals surface area contributed by atoms with Crippen molar-refractivity contribution in [2.24, 2.45) is 0 Å². The molecule has 0 bridgehead atoms. The van der Waals surface area contributed by atoms with Crippen molar-refractivity contribution in [1.82, 2.24) is 15.2 Å². The van der Waals surface area contributed by atoms with Crippen molar-refractivity contribution in [3.8, 4) is 0 Å². The third-order valence-corrected chi connectivity index (χ3v) is 7.46. The highest BCUT2D eigenvalue weighted by Crippen LogP contribution is 2.32. The van der Waals surface area contributed by atoms with Gasteiger partial charge in [0.25, 0.3) is 0 Å². The van der Waals surface area contributed by atoms with Crippen LogP contribution in [0.1, 0.15) is 26.3 Å². The third-order valence-electron chi connectivity index (χ3n) is 4.83. The van der Waals surface area contributed by atoms with E-state index in [9.17, 15) is 12.8 Å². The molecule has 0 amide bonds. The van der Waals surface area contributed by atoms with Crippen molar-refractivity contribution in [1.29, 1.82) is 0 Å². The number of anilines is 1. The van der Waals surface area contributed by atoms with E-state index >= 15 is 0 Å². The molecular formula is C22H25FN4O2S. The second kappa shape index (κ2) is 8.02. The van der Waals surface area contributed by atoms with Crippen molar-refractivity contribution in [2.45, 2.75) is 37.3 Å². The molecule has 4 aromatic rings. The SMILES string of the molecule is CNc1ccnc2cc(C)c(S(=O)(=O)C(C)(C)C)cc12.Fc1cccc2cn[nH]c12. The Hall–Kier alpha value is -3.00. The number of aromatic amines is 1. The number of para-hydroxylation sites is 1. The zero-order valence-electron chi connectivity index (χ0n) is 17.6. The number of hydrogen-bond acceptors (Lipinski definition) is 5. The summed E-state index contributed by atoms with van der Waals surface area (Å²) in [6.07, 6.45) is 3.31. The number of pyridine rings is 1. The highest BCUT2D eigenvalue weighted by Gasteiger charge is 2.32. The van der Waals surface area contributed by atoms with Crippen LogP contribution in [0, 0.1) is 12.7 Å². The Labute approximate surface area is 175 Å². The quantitative estimate of drug-likeness (QED) is 0.476. The lowest BCUT2D eigenvalue weighted by Gasteiger charge is -2.21. The summed E-state index contributed by atoms with van der Waals surface area (Å²) < 4.78 is 37.3. The van der Waals surface area contributed by atoms with Gasteiger partial charge in [-0.3, -0.25) is 10.1 Å². The van der Waals surface area contributed by atoms with Gasteiger partial charge in [-0.05, 0) is 57.5 Å². The Morgan fingerprint density at radius 3 is 2.50 bits per heavy atom. The number of nitrogens with one attached hydrogen (secondary N) is 2. The minimum absolute atomic E-state index is 0.255. The maximum absolute atomic E-state index is 12.7. The Morgan fingerprint density at radius 2 is 1.87 bits per heavy atom. The van der Waals surface area contributed by atoms with Crippen LogP contribution in [0.25, 0.3) is 21.8 Å². The summed E-state index contributed by atoms with van der Waals surface area (Å²) in [4.78, 5) is 4.68. The number of rotatable bonds is 2. The molecule has 0 radical (unpaired) electrons. The maximum Gasteiger partial charge on any atom is 0.183 e. The van der Waals surface area contributed by atoms with E-state index in [0.29, 0.717) is 10.4 Å². The van der Waals surface area contributed by atoms with Crippen LogP contribution in [0.4, 0.5) is 10.1 Å². The summed E-state index contributed by atoms with van der Waals surface area (Å²) in [5.41, 5.74) is 2.87.